The molecule has 2 amide bonds. The zero-order chi connectivity index (χ0) is 22.3. The first-order chi connectivity index (χ1) is 14.2. The number of benzene rings is 1. The molecule has 0 aliphatic heterocycles. The van der Waals surface area contributed by atoms with Crippen molar-refractivity contribution in [3.63, 3.8) is 0 Å². The number of amides is 2. The van der Waals surface area contributed by atoms with Crippen LogP contribution in [0.5, 0.6) is 0 Å². The minimum absolute atomic E-state index is 0.0454. The van der Waals surface area contributed by atoms with E-state index in [4.69, 9.17) is 5.73 Å². The molecule has 1 aliphatic carbocycles. The summed E-state index contributed by atoms with van der Waals surface area (Å²) in [5.41, 5.74) is 7.06. The molecule has 0 spiro atoms. The second-order valence-corrected chi connectivity index (χ2v) is 9.89. The van der Waals surface area contributed by atoms with Crippen LogP contribution in [0.3, 0.4) is 0 Å². The van der Waals surface area contributed by atoms with Crippen molar-refractivity contribution in [3.8, 4) is 0 Å². The molecule has 0 saturated heterocycles. The summed E-state index contributed by atoms with van der Waals surface area (Å²) in [4.78, 5) is 25.8. The van der Waals surface area contributed by atoms with E-state index in [1.165, 1.54) is 6.42 Å². The zero-order valence-electron chi connectivity index (χ0n) is 19.4. The number of rotatable bonds is 9. The van der Waals surface area contributed by atoms with E-state index in [1.54, 1.807) is 0 Å². The van der Waals surface area contributed by atoms with E-state index < -0.39 is 6.04 Å². The maximum atomic E-state index is 13.1. The fourth-order valence-corrected chi connectivity index (χ4v) is 4.67. The molecule has 1 aromatic rings. The first kappa shape index (κ1) is 24.4. The summed E-state index contributed by atoms with van der Waals surface area (Å²) in [6.45, 7) is 11.1. The molecule has 168 valence electrons. The van der Waals surface area contributed by atoms with Crippen LogP contribution in [0.4, 0.5) is 0 Å². The summed E-state index contributed by atoms with van der Waals surface area (Å²) in [5, 5.41) is 6.21. The monoisotopic (exact) mass is 415 g/mol. The van der Waals surface area contributed by atoms with Gasteiger partial charge in [-0.2, -0.15) is 0 Å². The third kappa shape index (κ3) is 7.12. The van der Waals surface area contributed by atoms with E-state index in [-0.39, 0.29) is 23.8 Å². The molecule has 5 heteroatoms. The first-order valence-electron chi connectivity index (χ1n) is 11.6. The van der Waals surface area contributed by atoms with E-state index in [0.717, 1.165) is 18.4 Å². The average molecular weight is 416 g/mol. The SMILES string of the molecule is CC(C)CC(N)C(=O)NC(CNC(=O)[C@@H]1C[C@H](C)CC[C@H]1C(C)C)c1ccccc1. The van der Waals surface area contributed by atoms with Gasteiger partial charge in [0.15, 0.2) is 0 Å². The largest absolute Gasteiger partial charge is 0.353 e. The topological polar surface area (TPSA) is 84.2 Å². The van der Waals surface area contributed by atoms with Gasteiger partial charge in [-0.3, -0.25) is 9.59 Å². The number of carbonyl (C=O) groups excluding carboxylic acids is 2. The molecule has 0 aromatic heterocycles. The standard InChI is InChI=1S/C25H41N3O2/c1-16(2)13-22(26)25(30)28-23(19-9-7-6-8-10-19)15-27-24(29)21-14-18(5)11-12-20(21)17(3)4/h6-10,16-18,20-23H,11-15,26H2,1-5H3,(H,27,29)(H,28,30)/t18-,20+,21-,22?,23?/m1/s1. The smallest absolute Gasteiger partial charge is 0.237 e. The summed E-state index contributed by atoms with van der Waals surface area (Å²) in [6, 6.07) is 8.96. The summed E-state index contributed by atoms with van der Waals surface area (Å²) >= 11 is 0. The van der Waals surface area contributed by atoms with Gasteiger partial charge in [-0.05, 0) is 48.5 Å². The van der Waals surface area contributed by atoms with Gasteiger partial charge in [-0.25, -0.2) is 0 Å². The van der Waals surface area contributed by atoms with Crippen molar-refractivity contribution in [1.29, 1.82) is 0 Å². The Kier molecular flexibility index (Phi) is 9.35. The Hall–Kier alpha value is -1.88. The van der Waals surface area contributed by atoms with Crippen molar-refractivity contribution in [1.82, 2.24) is 10.6 Å². The summed E-state index contributed by atoms with van der Waals surface area (Å²) in [6.07, 6.45) is 3.88. The molecule has 1 aromatic carbocycles. The summed E-state index contributed by atoms with van der Waals surface area (Å²) in [5.74, 6) is 1.83. The van der Waals surface area contributed by atoms with Crippen LogP contribution in [0, 0.1) is 29.6 Å². The Morgan fingerprint density at radius 3 is 2.37 bits per heavy atom. The molecular formula is C25H41N3O2. The highest BCUT2D eigenvalue weighted by Crippen LogP contribution is 2.38. The maximum Gasteiger partial charge on any atom is 0.237 e. The molecule has 0 bridgehead atoms. The lowest BCUT2D eigenvalue weighted by atomic mass is 9.70. The maximum absolute atomic E-state index is 13.1. The molecule has 1 fully saturated rings. The van der Waals surface area contributed by atoms with Crippen LogP contribution in [0.2, 0.25) is 0 Å². The molecule has 1 saturated carbocycles. The number of hydrogen-bond acceptors (Lipinski definition) is 3. The number of nitrogens with two attached hydrogens (primary N) is 1. The quantitative estimate of drug-likeness (QED) is 0.569. The highest BCUT2D eigenvalue weighted by Gasteiger charge is 2.35. The van der Waals surface area contributed by atoms with E-state index >= 15 is 0 Å². The Morgan fingerprint density at radius 1 is 1.10 bits per heavy atom. The van der Waals surface area contributed by atoms with Crippen molar-refractivity contribution in [2.24, 2.45) is 35.3 Å². The van der Waals surface area contributed by atoms with Crippen molar-refractivity contribution >= 4 is 11.8 Å². The second kappa shape index (κ2) is 11.5. The molecule has 0 heterocycles. The molecule has 1 aliphatic rings. The fraction of sp³-hybridized carbons (Fsp3) is 0.680. The lowest BCUT2D eigenvalue weighted by Gasteiger charge is -2.36. The van der Waals surface area contributed by atoms with Gasteiger partial charge in [0, 0.05) is 12.5 Å². The van der Waals surface area contributed by atoms with Crippen LogP contribution < -0.4 is 16.4 Å². The van der Waals surface area contributed by atoms with E-state index in [1.807, 2.05) is 30.3 Å². The van der Waals surface area contributed by atoms with Crippen molar-refractivity contribution in [3.05, 3.63) is 35.9 Å². The molecule has 2 unspecified atom stereocenters. The van der Waals surface area contributed by atoms with Crippen LogP contribution in [-0.2, 0) is 9.59 Å². The number of hydrogen-bond donors (Lipinski definition) is 3. The lowest BCUT2D eigenvalue weighted by Crippen LogP contribution is -2.47. The average Bonchev–Trinajstić information content (AvgIpc) is 2.70. The molecule has 2 rings (SSSR count). The van der Waals surface area contributed by atoms with Gasteiger partial charge < -0.3 is 16.4 Å². The Balaban J connectivity index is 2.06. The van der Waals surface area contributed by atoms with Crippen LogP contribution in [0.25, 0.3) is 0 Å². The van der Waals surface area contributed by atoms with E-state index in [9.17, 15) is 9.59 Å². The van der Waals surface area contributed by atoms with Gasteiger partial charge in [-0.1, -0.05) is 71.4 Å². The van der Waals surface area contributed by atoms with Crippen LogP contribution in [-0.4, -0.2) is 24.4 Å². The van der Waals surface area contributed by atoms with Gasteiger partial charge in [0.25, 0.3) is 0 Å². The predicted octanol–water partition coefficient (Wildman–Crippen LogP) is 4.04. The molecule has 0 radical (unpaired) electrons. The van der Waals surface area contributed by atoms with Gasteiger partial charge in [0.2, 0.25) is 11.8 Å². The van der Waals surface area contributed by atoms with Gasteiger partial charge >= 0.3 is 0 Å². The Bertz CT molecular complexity index is 674. The molecule has 4 N–H and O–H groups in total. The Labute approximate surface area is 182 Å². The van der Waals surface area contributed by atoms with Crippen LogP contribution in [0.1, 0.15) is 71.9 Å². The van der Waals surface area contributed by atoms with Gasteiger partial charge in [-0.15, -0.1) is 0 Å². The molecule has 5 nitrogen and oxygen atoms in total. The third-order valence-electron chi connectivity index (χ3n) is 6.42. The van der Waals surface area contributed by atoms with Gasteiger partial charge in [0.1, 0.15) is 0 Å². The zero-order valence-corrected chi connectivity index (χ0v) is 19.4. The van der Waals surface area contributed by atoms with E-state index in [2.05, 4.69) is 45.3 Å². The van der Waals surface area contributed by atoms with E-state index in [0.29, 0.717) is 36.6 Å². The third-order valence-corrected chi connectivity index (χ3v) is 6.42. The fourth-order valence-electron chi connectivity index (χ4n) is 4.67. The van der Waals surface area contributed by atoms with Crippen LogP contribution in [0.15, 0.2) is 30.3 Å². The van der Waals surface area contributed by atoms with Crippen molar-refractivity contribution in [2.75, 3.05) is 6.54 Å². The first-order valence-corrected chi connectivity index (χ1v) is 11.6. The number of carbonyl (C=O) groups is 2. The lowest BCUT2D eigenvalue weighted by molar-refractivity contribution is -0.130. The predicted molar refractivity (Wildman–Crippen MR) is 123 cm³/mol. The van der Waals surface area contributed by atoms with Crippen molar-refractivity contribution < 1.29 is 9.59 Å². The molecular weight excluding hydrogens is 374 g/mol. The number of nitrogens with one attached hydrogen (secondary N) is 2. The van der Waals surface area contributed by atoms with Crippen LogP contribution >= 0.6 is 0 Å². The molecule has 30 heavy (non-hydrogen) atoms. The minimum Gasteiger partial charge on any atom is -0.353 e. The molecule has 5 atom stereocenters. The second-order valence-electron chi connectivity index (χ2n) is 9.89. The van der Waals surface area contributed by atoms with Crippen molar-refractivity contribution in [2.45, 2.75) is 72.4 Å². The normalized spacial score (nSPS) is 23.8. The highest BCUT2D eigenvalue weighted by molar-refractivity contribution is 5.82. The summed E-state index contributed by atoms with van der Waals surface area (Å²) in [7, 11) is 0. The van der Waals surface area contributed by atoms with Gasteiger partial charge in [0.05, 0.1) is 12.1 Å². The minimum atomic E-state index is -0.545. The Morgan fingerprint density at radius 2 is 1.77 bits per heavy atom. The highest BCUT2D eigenvalue weighted by atomic mass is 16.2. The summed E-state index contributed by atoms with van der Waals surface area (Å²) < 4.78 is 0.